The Morgan fingerprint density at radius 2 is 2.11 bits per heavy atom. The van der Waals surface area contributed by atoms with Crippen molar-refractivity contribution >= 4 is 23.1 Å². The van der Waals surface area contributed by atoms with E-state index >= 15 is 0 Å². The Morgan fingerprint density at radius 3 is 2.50 bits per heavy atom. The molecule has 1 heterocycles. The molecule has 0 saturated carbocycles. The number of nitriles is 1. The molecule has 0 unspecified atom stereocenters. The predicted molar refractivity (Wildman–Crippen MR) is 65.5 cm³/mol. The molecule has 0 radical (unpaired) electrons. The van der Waals surface area contributed by atoms with Gasteiger partial charge in [-0.1, -0.05) is 0 Å². The van der Waals surface area contributed by atoms with Crippen LogP contribution in [0.2, 0.25) is 0 Å². The van der Waals surface area contributed by atoms with Crippen LogP contribution in [0.15, 0.2) is 11.8 Å². The Balaban J connectivity index is 3.19. The van der Waals surface area contributed by atoms with Gasteiger partial charge in [-0.15, -0.1) is 11.3 Å². The topological polar surface area (TPSA) is 94.3 Å². The number of thiazole rings is 1. The van der Waals surface area contributed by atoms with Crippen LogP contribution in [0.4, 0.5) is 0 Å². The number of aromatic nitrogens is 1. The van der Waals surface area contributed by atoms with Crippen molar-refractivity contribution in [2.24, 2.45) is 0 Å². The minimum absolute atomic E-state index is 0.0521. The third-order valence-electron chi connectivity index (χ3n) is 1.94. The average molecular weight is 265 g/mol. The largest absolute Gasteiger partial charge is 0.476 e. The van der Waals surface area contributed by atoms with Gasteiger partial charge in [0, 0.05) is 20.3 Å². The molecule has 1 aromatic rings. The van der Waals surface area contributed by atoms with Crippen molar-refractivity contribution in [3.05, 3.63) is 27.4 Å². The van der Waals surface area contributed by atoms with Gasteiger partial charge >= 0.3 is 5.97 Å². The number of carboxylic acids is 1. The van der Waals surface area contributed by atoms with Gasteiger partial charge in [0.05, 0.1) is 10.6 Å². The summed E-state index contributed by atoms with van der Waals surface area (Å²) in [6, 6.07) is 1.80. The highest BCUT2D eigenvalue weighted by atomic mass is 32.1. The number of nitrogens with zero attached hydrogens (tertiary/aromatic N) is 3. The Morgan fingerprint density at radius 1 is 1.50 bits per heavy atom. The number of carboxylic acid groups (broad SMARTS) is 1. The number of hydrogen-bond acceptors (Lipinski definition) is 6. The van der Waals surface area contributed by atoms with Crippen molar-refractivity contribution in [2.75, 3.05) is 14.1 Å². The Bertz CT molecular complexity index is 567. The quantitative estimate of drug-likeness (QED) is 0.501. The normalized spacial score (nSPS) is 10.9. The fourth-order valence-corrected chi connectivity index (χ4v) is 2.08. The highest BCUT2D eigenvalue weighted by Crippen LogP contribution is 2.21. The van der Waals surface area contributed by atoms with Crippen LogP contribution in [-0.2, 0) is 0 Å². The molecule has 0 spiro atoms. The maximum Gasteiger partial charge on any atom is 0.365 e. The van der Waals surface area contributed by atoms with Crippen LogP contribution in [0.3, 0.4) is 0 Å². The second-order valence-corrected chi connectivity index (χ2v) is 4.69. The van der Waals surface area contributed by atoms with E-state index in [9.17, 15) is 9.59 Å². The van der Waals surface area contributed by atoms with Crippen molar-refractivity contribution in [2.45, 2.75) is 6.92 Å². The molecule has 0 aromatic carbocycles. The second kappa shape index (κ2) is 5.42. The maximum atomic E-state index is 12.0. The van der Waals surface area contributed by atoms with Crippen molar-refractivity contribution < 1.29 is 14.7 Å². The molecule has 0 aliphatic rings. The van der Waals surface area contributed by atoms with Crippen LogP contribution in [-0.4, -0.2) is 40.8 Å². The standard InChI is InChI=1S/C11H11N3O3S/c1-6-9(18-10(13-6)11(16)17)8(15)7(4-12)5-14(2)3/h5H,1-3H3,(H,16,17)/b7-5+. The van der Waals surface area contributed by atoms with E-state index in [1.54, 1.807) is 32.0 Å². The smallest absolute Gasteiger partial charge is 0.365 e. The summed E-state index contributed by atoms with van der Waals surface area (Å²) in [6.07, 6.45) is 1.39. The number of aromatic carboxylic acids is 1. The van der Waals surface area contributed by atoms with Crippen molar-refractivity contribution in [1.82, 2.24) is 9.88 Å². The highest BCUT2D eigenvalue weighted by Gasteiger charge is 2.21. The van der Waals surface area contributed by atoms with Crippen LogP contribution in [0.5, 0.6) is 0 Å². The molecule has 1 aromatic heterocycles. The van der Waals surface area contributed by atoms with E-state index in [2.05, 4.69) is 4.98 Å². The third kappa shape index (κ3) is 2.93. The molecular weight excluding hydrogens is 254 g/mol. The van der Waals surface area contributed by atoms with E-state index in [0.717, 1.165) is 11.3 Å². The summed E-state index contributed by atoms with van der Waals surface area (Å²) in [4.78, 5) is 28.3. The number of carbonyl (C=O) groups is 2. The van der Waals surface area contributed by atoms with E-state index in [-0.39, 0.29) is 15.5 Å². The van der Waals surface area contributed by atoms with Crippen LogP contribution < -0.4 is 0 Å². The predicted octanol–water partition coefficient (Wildman–Crippen LogP) is 1.30. The van der Waals surface area contributed by atoms with E-state index in [1.807, 2.05) is 0 Å². The zero-order chi connectivity index (χ0) is 13.9. The SMILES string of the molecule is Cc1nc(C(=O)O)sc1C(=O)/C(C#N)=C/N(C)C. The van der Waals surface area contributed by atoms with Gasteiger partial charge in [0.1, 0.15) is 11.6 Å². The van der Waals surface area contributed by atoms with Crippen molar-refractivity contribution in [3.8, 4) is 6.07 Å². The van der Waals surface area contributed by atoms with Gasteiger partial charge in [0.25, 0.3) is 0 Å². The molecule has 1 rings (SSSR count). The van der Waals surface area contributed by atoms with E-state index in [4.69, 9.17) is 10.4 Å². The minimum Gasteiger partial charge on any atom is -0.476 e. The molecule has 94 valence electrons. The lowest BCUT2D eigenvalue weighted by Crippen LogP contribution is -2.08. The first-order valence-corrected chi connectivity index (χ1v) is 5.72. The van der Waals surface area contributed by atoms with E-state index in [1.165, 1.54) is 6.20 Å². The summed E-state index contributed by atoms with van der Waals surface area (Å²) in [7, 11) is 3.37. The number of hydrogen-bond donors (Lipinski definition) is 1. The van der Waals surface area contributed by atoms with Crippen LogP contribution in [0.25, 0.3) is 0 Å². The maximum absolute atomic E-state index is 12.0. The lowest BCUT2D eigenvalue weighted by Gasteiger charge is -2.05. The van der Waals surface area contributed by atoms with Crippen LogP contribution >= 0.6 is 11.3 Å². The van der Waals surface area contributed by atoms with Gasteiger partial charge in [-0.2, -0.15) is 5.26 Å². The number of rotatable bonds is 4. The number of aryl methyl sites for hydroxylation is 1. The molecule has 0 bridgehead atoms. The minimum atomic E-state index is -1.18. The fraction of sp³-hybridized carbons (Fsp3) is 0.273. The van der Waals surface area contributed by atoms with Crippen LogP contribution in [0, 0.1) is 18.3 Å². The second-order valence-electron chi connectivity index (χ2n) is 3.69. The number of ketones is 1. The first kappa shape index (κ1) is 13.9. The monoisotopic (exact) mass is 265 g/mol. The Labute approximate surface area is 108 Å². The summed E-state index contributed by atoms with van der Waals surface area (Å²) in [5.41, 5.74) is 0.269. The summed E-state index contributed by atoms with van der Waals surface area (Å²) < 4.78 is 0. The van der Waals surface area contributed by atoms with Crippen LogP contribution in [0.1, 0.15) is 25.2 Å². The third-order valence-corrected chi connectivity index (χ3v) is 3.08. The molecule has 7 heteroatoms. The lowest BCUT2D eigenvalue weighted by atomic mass is 10.1. The summed E-state index contributed by atoms with van der Waals surface area (Å²) in [5.74, 6) is -1.69. The number of Topliss-reactive ketones (excluding diaryl/α,β-unsaturated/α-hetero) is 1. The van der Waals surface area contributed by atoms with Gasteiger partial charge in [0.15, 0.2) is 0 Å². The number of carbonyl (C=O) groups excluding carboxylic acids is 1. The molecule has 6 nitrogen and oxygen atoms in total. The van der Waals surface area contributed by atoms with Gasteiger partial charge < -0.3 is 10.0 Å². The molecule has 18 heavy (non-hydrogen) atoms. The fourth-order valence-electron chi connectivity index (χ4n) is 1.22. The molecule has 0 saturated heterocycles. The Hall–Kier alpha value is -2.20. The van der Waals surface area contributed by atoms with Gasteiger partial charge in [-0.3, -0.25) is 4.79 Å². The number of allylic oxidation sites excluding steroid dienone is 1. The van der Waals surface area contributed by atoms with Crippen molar-refractivity contribution in [3.63, 3.8) is 0 Å². The molecule has 0 amide bonds. The van der Waals surface area contributed by atoms with E-state index < -0.39 is 11.8 Å². The first-order chi connectivity index (χ1) is 8.36. The molecule has 0 atom stereocenters. The van der Waals surface area contributed by atoms with E-state index in [0.29, 0.717) is 5.69 Å². The van der Waals surface area contributed by atoms with Crippen molar-refractivity contribution in [1.29, 1.82) is 5.26 Å². The zero-order valence-electron chi connectivity index (χ0n) is 10.1. The van der Waals surface area contributed by atoms with Gasteiger partial charge in [-0.25, -0.2) is 9.78 Å². The molecule has 0 aliphatic heterocycles. The molecule has 0 aliphatic carbocycles. The zero-order valence-corrected chi connectivity index (χ0v) is 10.9. The molecular formula is C11H11N3O3S. The lowest BCUT2D eigenvalue weighted by molar-refractivity contribution is 0.0696. The van der Waals surface area contributed by atoms with Gasteiger partial charge in [0.2, 0.25) is 10.8 Å². The average Bonchev–Trinajstić information content (AvgIpc) is 2.67. The summed E-state index contributed by atoms with van der Waals surface area (Å²) in [5, 5.41) is 17.6. The Kier molecular flexibility index (Phi) is 4.18. The summed E-state index contributed by atoms with van der Waals surface area (Å²) in [6.45, 7) is 1.54. The summed E-state index contributed by atoms with van der Waals surface area (Å²) >= 11 is 0.776. The van der Waals surface area contributed by atoms with Gasteiger partial charge in [-0.05, 0) is 6.92 Å². The molecule has 0 fully saturated rings. The highest BCUT2D eigenvalue weighted by molar-refractivity contribution is 7.15. The molecule has 1 N–H and O–H groups in total. The first-order valence-electron chi connectivity index (χ1n) is 4.90.